The smallest absolute Gasteiger partial charge is 0.338 e. The van der Waals surface area contributed by atoms with E-state index in [1.807, 2.05) is 55.5 Å². The third kappa shape index (κ3) is 6.28. The fourth-order valence-electron chi connectivity index (χ4n) is 5.47. The number of aromatic nitrogens is 2. The monoisotopic (exact) mass is 554 g/mol. The quantitative estimate of drug-likeness (QED) is 0.220. The van der Waals surface area contributed by atoms with Crippen LogP contribution < -0.4 is 10.6 Å². The number of anilines is 1. The zero-order valence-electron chi connectivity index (χ0n) is 23.8. The van der Waals surface area contributed by atoms with Gasteiger partial charge in [-0.3, -0.25) is 4.90 Å². The summed E-state index contributed by atoms with van der Waals surface area (Å²) in [5.41, 5.74) is 11.8. The largest absolute Gasteiger partial charge is 0.462 e. The number of rotatable bonds is 10. The van der Waals surface area contributed by atoms with E-state index in [1.54, 1.807) is 11.0 Å². The van der Waals surface area contributed by atoms with Gasteiger partial charge in [0.05, 0.1) is 28.9 Å². The van der Waals surface area contributed by atoms with Crippen molar-refractivity contribution in [3.8, 4) is 11.1 Å². The molecule has 0 spiro atoms. The number of amides is 2. The van der Waals surface area contributed by atoms with Crippen LogP contribution in [0.25, 0.3) is 22.2 Å². The van der Waals surface area contributed by atoms with E-state index < -0.39 is 6.03 Å². The number of carbonyl (C=O) groups excluding carboxylic acids is 2. The molecule has 1 atom stereocenters. The molecule has 4 aromatic rings. The van der Waals surface area contributed by atoms with Crippen LogP contribution >= 0.6 is 0 Å². The van der Waals surface area contributed by atoms with Crippen LogP contribution in [0.4, 0.5) is 10.5 Å². The van der Waals surface area contributed by atoms with Gasteiger partial charge in [-0.05, 0) is 73.6 Å². The predicted octanol–water partition coefficient (Wildman–Crippen LogP) is 6.68. The molecule has 1 unspecified atom stereocenters. The lowest BCUT2D eigenvalue weighted by atomic mass is 9.98. The highest BCUT2D eigenvalue weighted by atomic mass is 16.5. The van der Waals surface area contributed by atoms with Crippen LogP contribution in [0.3, 0.4) is 0 Å². The highest BCUT2D eigenvalue weighted by molar-refractivity contribution is 5.97. The van der Waals surface area contributed by atoms with E-state index in [9.17, 15) is 9.59 Å². The molecule has 1 aliphatic heterocycles. The molecule has 0 bridgehead atoms. The van der Waals surface area contributed by atoms with Gasteiger partial charge in [-0.2, -0.15) is 0 Å². The number of benzene rings is 3. The number of esters is 1. The van der Waals surface area contributed by atoms with Gasteiger partial charge < -0.3 is 19.8 Å². The first kappa shape index (κ1) is 28.4. The fraction of sp³-hybridized carbons (Fsp3) is 0.364. The van der Waals surface area contributed by atoms with Crippen molar-refractivity contribution in [2.24, 2.45) is 5.73 Å². The molecule has 41 heavy (non-hydrogen) atoms. The van der Waals surface area contributed by atoms with Crippen molar-refractivity contribution in [2.45, 2.75) is 65.1 Å². The zero-order valence-corrected chi connectivity index (χ0v) is 23.8. The van der Waals surface area contributed by atoms with Crippen LogP contribution in [-0.2, 0) is 22.4 Å². The molecule has 214 valence electrons. The maximum absolute atomic E-state index is 12.5. The van der Waals surface area contributed by atoms with Crippen LogP contribution in [0.1, 0.15) is 67.7 Å². The maximum Gasteiger partial charge on any atom is 0.338 e. The van der Waals surface area contributed by atoms with E-state index in [4.69, 9.17) is 20.2 Å². The number of fused-ring (bicyclic) bond motifs is 1. The lowest BCUT2D eigenvalue weighted by Gasteiger charge is -2.33. The fourth-order valence-corrected chi connectivity index (χ4v) is 5.47. The first-order chi connectivity index (χ1) is 20.0. The van der Waals surface area contributed by atoms with Gasteiger partial charge in [-0.1, -0.05) is 55.8 Å². The van der Waals surface area contributed by atoms with E-state index in [1.165, 1.54) is 0 Å². The van der Waals surface area contributed by atoms with Crippen molar-refractivity contribution in [1.82, 2.24) is 9.55 Å². The number of imidazole rings is 1. The minimum Gasteiger partial charge on any atom is -0.462 e. The lowest BCUT2D eigenvalue weighted by Crippen LogP contribution is -2.46. The van der Waals surface area contributed by atoms with Crippen molar-refractivity contribution in [3.63, 3.8) is 0 Å². The average Bonchev–Trinajstić information content (AvgIpc) is 3.33. The highest BCUT2D eigenvalue weighted by Crippen LogP contribution is 2.30. The molecule has 5 rings (SSSR count). The number of urea groups is 1. The van der Waals surface area contributed by atoms with E-state index in [0.717, 1.165) is 72.1 Å². The molecule has 0 aliphatic carbocycles. The number of ether oxygens (including phenoxy) is 2. The first-order valence-electron chi connectivity index (χ1n) is 14.5. The molecule has 3 aromatic carbocycles. The Morgan fingerprint density at radius 1 is 1.07 bits per heavy atom. The molecule has 8 nitrogen and oxygen atoms in total. The van der Waals surface area contributed by atoms with Gasteiger partial charge >= 0.3 is 12.0 Å². The number of hydrogen-bond donors (Lipinski definition) is 1. The van der Waals surface area contributed by atoms with Crippen molar-refractivity contribution >= 4 is 28.7 Å². The molecule has 8 heteroatoms. The second kappa shape index (κ2) is 13.0. The first-order valence-corrected chi connectivity index (χ1v) is 14.5. The number of unbranched alkanes of at least 4 members (excludes halogenated alkanes) is 1. The summed E-state index contributed by atoms with van der Waals surface area (Å²) in [5, 5.41) is 0. The van der Waals surface area contributed by atoms with Gasteiger partial charge in [0.1, 0.15) is 12.1 Å². The summed E-state index contributed by atoms with van der Waals surface area (Å²) in [4.78, 5) is 31.6. The standard InChI is InChI=1S/C33H38N4O4/c1-3-5-12-30-35-28-19-18-25(37(33(34)39)31-13-8-9-20-41-31)21-29(28)36(30)22-23-14-16-24(17-15-23)26-10-6-7-11-27(26)32(38)40-4-2/h6-7,10-11,14-19,21,31H,3-5,8-9,12-13,20,22H2,1-2H3,(H2,34,39). The Kier molecular flexibility index (Phi) is 8.99. The number of primary amides is 1. The molecule has 1 saturated heterocycles. The Labute approximate surface area is 241 Å². The molecule has 0 saturated carbocycles. The third-order valence-corrected chi connectivity index (χ3v) is 7.55. The van der Waals surface area contributed by atoms with E-state index in [2.05, 4.69) is 23.6 Å². The van der Waals surface area contributed by atoms with Crippen LogP contribution in [0.5, 0.6) is 0 Å². The number of nitrogens with two attached hydrogens (primary N) is 1. The van der Waals surface area contributed by atoms with Gasteiger partial charge in [0.15, 0.2) is 0 Å². The Bertz CT molecular complexity index is 1510. The van der Waals surface area contributed by atoms with Gasteiger partial charge in [0.25, 0.3) is 0 Å². The van der Waals surface area contributed by atoms with E-state index in [0.29, 0.717) is 31.0 Å². The van der Waals surface area contributed by atoms with Crippen molar-refractivity contribution in [2.75, 3.05) is 18.1 Å². The highest BCUT2D eigenvalue weighted by Gasteiger charge is 2.27. The summed E-state index contributed by atoms with van der Waals surface area (Å²) in [6, 6.07) is 21.1. The summed E-state index contributed by atoms with van der Waals surface area (Å²) in [7, 11) is 0. The lowest BCUT2D eigenvalue weighted by molar-refractivity contribution is 0.0195. The molecule has 2 heterocycles. The van der Waals surface area contributed by atoms with Crippen LogP contribution in [-0.4, -0.2) is 41.0 Å². The van der Waals surface area contributed by atoms with Gasteiger partial charge in [0.2, 0.25) is 0 Å². The van der Waals surface area contributed by atoms with Crippen molar-refractivity contribution in [1.29, 1.82) is 0 Å². The molecular weight excluding hydrogens is 516 g/mol. The van der Waals surface area contributed by atoms with Gasteiger partial charge in [-0.15, -0.1) is 0 Å². The maximum atomic E-state index is 12.5. The van der Waals surface area contributed by atoms with Gasteiger partial charge in [0, 0.05) is 19.6 Å². The SMILES string of the molecule is CCCCc1nc2ccc(N(C(N)=O)C3CCCCO3)cc2n1Cc1ccc(-c2ccccc2C(=O)OCC)cc1. The topological polar surface area (TPSA) is 99.7 Å². The second-order valence-corrected chi connectivity index (χ2v) is 10.4. The Balaban J connectivity index is 1.48. The minimum atomic E-state index is -0.521. The molecule has 1 aliphatic rings. The Morgan fingerprint density at radius 3 is 2.59 bits per heavy atom. The third-order valence-electron chi connectivity index (χ3n) is 7.55. The van der Waals surface area contributed by atoms with Crippen molar-refractivity contribution < 1.29 is 19.1 Å². The zero-order chi connectivity index (χ0) is 28.8. The number of aryl methyl sites for hydroxylation is 1. The molecule has 1 aromatic heterocycles. The summed E-state index contributed by atoms with van der Waals surface area (Å²) in [6.45, 7) is 5.55. The van der Waals surface area contributed by atoms with Crippen LogP contribution in [0, 0.1) is 0 Å². The number of carbonyl (C=O) groups is 2. The minimum absolute atomic E-state index is 0.322. The van der Waals surface area contributed by atoms with E-state index in [-0.39, 0.29) is 12.2 Å². The summed E-state index contributed by atoms with van der Waals surface area (Å²) in [6.07, 6.45) is 5.34. The average molecular weight is 555 g/mol. The number of nitrogens with zero attached hydrogens (tertiary/aromatic N) is 3. The van der Waals surface area contributed by atoms with Crippen molar-refractivity contribution in [3.05, 3.63) is 83.7 Å². The van der Waals surface area contributed by atoms with E-state index >= 15 is 0 Å². The summed E-state index contributed by atoms with van der Waals surface area (Å²) >= 11 is 0. The summed E-state index contributed by atoms with van der Waals surface area (Å²) < 4.78 is 13.4. The number of hydrogen-bond acceptors (Lipinski definition) is 5. The van der Waals surface area contributed by atoms with Gasteiger partial charge in [-0.25, -0.2) is 14.6 Å². The Morgan fingerprint density at radius 2 is 1.88 bits per heavy atom. The summed E-state index contributed by atoms with van der Waals surface area (Å²) in [5.74, 6) is 0.687. The van der Waals surface area contributed by atoms with Crippen LogP contribution in [0.2, 0.25) is 0 Å². The molecule has 2 amide bonds. The molecule has 1 fully saturated rings. The molecular formula is C33H38N4O4. The Hall–Kier alpha value is -4.17. The predicted molar refractivity (Wildman–Crippen MR) is 161 cm³/mol. The molecule has 0 radical (unpaired) electrons. The normalized spacial score (nSPS) is 15.1. The molecule has 2 N–H and O–H groups in total. The van der Waals surface area contributed by atoms with Crippen LogP contribution in [0.15, 0.2) is 66.7 Å². The second-order valence-electron chi connectivity index (χ2n) is 10.4.